The van der Waals surface area contributed by atoms with Crippen LogP contribution < -0.4 is 9.47 Å². The highest BCUT2D eigenvalue weighted by atomic mass is 16.7. The zero-order chi connectivity index (χ0) is 32.0. The molecule has 5 atom stereocenters. The average Bonchev–Trinajstić information content (AvgIpc) is 3.65. The summed E-state index contributed by atoms with van der Waals surface area (Å²) in [4.78, 5) is 37.4. The number of unbranched alkanes of at least 4 members (excludes halogenated alkanes) is 5. The van der Waals surface area contributed by atoms with Crippen molar-refractivity contribution in [1.82, 2.24) is 0 Å². The summed E-state index contributed by atoms with van der Waals surface area (Å²) in [5.74, 6) is -0.144. The summed E-state index contributed by atoms with van der Waals surface area (Å²) < 4.78 is 39.6. The first-order valence-electron chi connectivity index (χ1n) is 16.2. The van der Waals surface area contributed by atoms with Gasteiger partial charge in [0.05, 0.1) is 36.9 Å². The van der Waals surface area contributed by atoms with Crippen molar-refractivity contribution in [3.05, 3.63) is 59.7 Å². The fraction of sp³-hybridized carbons (Fsp3) is 0.571. The second-order valence-corrected chi connectivity index (χ2v) is 11.5. The van der Waals surface area contributed by atoms with Crippen LogP contribution in [0.3, 0.4) is 0 Å². The van der Waals surface area contributed by atoms with Gasteiger partial charge in [-0.25, -0.2) is 9.59 Å². The highest BCUT2D eigenvalue weighted by Gasteiger charge is 2.51. The Kier molecular flexibility index (Phi) is 13.5. The Balaban J connectivity index is 1.16. The molecule has 4 rings (SSSR count). The second kappa shape index (κ2) is 17.8. The SMILES string of the molecule is CCCCCCCCOc1ccc(C(=O)O[C@H]2COC3C2OC[C@H]3OC(=O)c2ccc(OCCOC(=O)C(C)CC)cc2)cc1. The van der Waals surface area contributed by atoms with Crippen molar-refractivity contribution in [2.24, 2.45) is 5.92 Å². The molecule has 0 N–H and O–H groups in total. The highest BCUT2D eigenvalue weighted by Crippen LogP contribution is 2.32. The zero-order valence-electron chi connectivity index (χ0n) is 26.6. The number of rotatable bonds is 18. The monoisotopic (exact) mass is 626 g/mol. The van der Waals surface area contributed by atoms with Crippen molar-refractivity contribution in [2.45, 2.75) is 90.1 Å². The number of hydrogen-bond donors (Lipinski definition) is 0. The molecule has 3 unspecified atom stereocenters. The summed E-state index contributed by atoms with van der Waals surface area (Å²) >= 11 is 0. The second-order valence-electron chi connectivity index (χ2n) is 11.5. The van der Waals surface area contributed by atoms with Gasteiger partial charge in [0.2, 0.25) is 0 Å². The molecule has 0 radical (unpaired) electrons. The summed E-state index contributed by atoms with van der Waals surface area (Å²) in [5.41, 5.74) is 0.750. The smallest absolute Gasteiger partial charge is 0.338 e. The lowest BCUT2D eigenvalue weighted by Gasteiger charge is -2.17. The molecule has 2 aromatic rings. The Morgan fingerprint density at radius 2 is 1.18 bits per heavy atom. The van der Waals surface area contributed by atoms with Gasteiger partial charge in [-0.2, -0.15) is 0 Å². The zero-order valence-corrected chi connectivity index (χ0v) is 26.6. The minimum Gasteiger partial charge on any atom is -0.494 e. The molecule has 10 heteroatoms. The van der Waals surface area contributed by atoms with E-state index < -0.39 is 36.4 Å². The first-order valence-corrected chi connectivity index (χ1v) is 16.2. The first-order chi connectivity index (χ1) is 21.9. The van der Waals surface area contributed by atoms with Crippen LogP contribution in [0.5, 0.6) is 11.5 Å². The van der Waals surface area contributed by atoms with Crippen LogP contribution in [0, 0.1) is 5.92 Å². The predicted molar refractivity (Wildman–Crippen MR) is 166 cm³/mol. The van der Waals surface area contributed by atoms with Crippen molar-refractivity contribution in [1.29, 1.82) is 0 Å². The first kappa shape index (κ1) is 34.2. The van der Waals surface area contributed by atoms with Gasteiger partial charge < -0.3 is 33.2 Å². The van der Waals surface area contributed by atoms with Gasteiger partial charge in [0.25, 0.3) is 0 Å². The van der Waals surface area contributed by atoms with Gasteiger partial charge in [0.1, 0.15) is 36.9 Å². The van der Waals surface area contributed by atoms with Crippen LogP contribution in [-0.4, -0.2) is 75.4 Å². The molecule has 0 aliphatic carbocycles. The summed E-state index contributed by atoms with van der Waals surface area (Å²) in [7, 11) is 0. The van der Waals surface area contributed by atoms with Gasteiger partial charge in [-0.1, -0.05) is 52.9 Å². The third-order valence-corrected chi connectivity index (χ3v) is 8.04. The summed E-state index contributed by atoms with van der Waals surface area (Å²) in [6, 6.07) is 13.4. The molecule has 0 bridgehead atoms. The Labute approximate surface area is 265 Å². The Morgan fingerprint density at radius 3 is 1.69 bits per heavy atom. The van der Waals surface area contributed by atoms with Crippen molar-refractivity contribution < 1.29 is 47.5 Å². The molecule has 2 saturated heterocycles. The highest BCUT2D eigenvalue weighted by molar-refractivity contribution is 5.90. The summed E-state index contributed by atoms with van der Waals surface area (Å²) in [6.07, 6.45) is 5.58. The third-order valence-electron chi connectivity index (χ3n) is 8.04. The lowest BCUT2D eigenvalue weighted by molar-refractivity contribution is -0.148. The third kappa shape index (κ3) is 10.2. The number of fused-ring (bicyclic) bond motifs is 1. The summed E-state index contributed by atoms with van der Waals surface area (Å²) in [5, 5.41) is 0. The number of carbonyl (C=O) groups excluding carboxylic acids is 3. The van der Waals surface area contributed by atoms with Gasteiger partial charge in [-0.3, -0.25) is 4.79 Å². The van der Waals surface area contributed by atoms with Crippen molar-refractivity contribution in [3.63, 3.8) is 0 Å². The molecule has 2 aliphatic heterocycles. The molecular weight excluding hydrogens is 580 g/mol. The lowest BCUT2D eigenvalue weighted by atomic mass is 10.1. The van der Waals surface area contributed by atoms with Crippen molar-refractivity contribution >= 4 is 17.9 Å². The van der Waals surface area contributed by atoms with Crippen LogP contribution in [-0.2, 0) is 28.5 Å². The topological polar surface area (TPSA) is 116 Å². The van der Waals surface area contributed by atoms with Crippen LogP contribution >= 0.6 is 0 Å². The largest absolute Gasteiger partial charge is 0.494 e. The van der Waals surface area contributed by atoms with E-state index in [1.807, 2.05) is 13.8 Å². The van der Waals surface area contributed by atoms with E-state index in [1.54, 1.807) is 48.5 Å². The van der Waals surface area contributed by atoms with E-state index in [4.69, 9.17) is 33.2 Å². The molecule has 0 aromatic heterocycles. The van der Waals surface area contributed by atoms with E-state index in [2.05, 4.69) is 6.92 Å². The Bertz CT molecular complexity index is 1210. The average molecular weight is 627 g/mol. The normalized spacial score (nSPS) is 21.0. The molecule has 2 fully saturated rings. The number of hydrogen-bond acceptors (Lipinski definition) is 10. The van der Waals surface area contributed by atoms with E-state index in [0.717, 1.165) is 25.0 Å². The minimum atomic E-state index is -0.634. The van der Waals surface area contributed by atoms with E-state index in [1.165, 1.54) is 25.7 Å². The lowest BCUT2D eigenvalue weighted by Crippen LogP contribution is -2.36. The maximum absolute atomic E-state index is 12.8. The summed E-state index contributed by atoms with van der Waals surface area (Å²) in [6.45, 7) is 7.24. The molecule has 0 spiro atoms. The fourth-order valence-electron chi connectivity index (χ4n) is 5.10. The Hall–Kier alpha value is -3.63. The minimum absolute atomic E-state index is 0.135. The van der Waals surface area contributed by atoms with E-state index in [9.17, 15) is 14.4 Å². The van der Waals surface area contributed by atoms with Crippen LogP contribution in [0.2, 0.25) is 0 Å². The molecule has 0 amide bonds. The van der Waals surface area contributed by atoms with Crippen LogP contribution in [0.15, 0.2) is 48.5 Å². The number of esters is 3. The van der Waals surface area contributed by atoms with Gasteiger partial charge in [0, 0.05) is 0 Å². The quantitative estimate of drug-likeness (QED) is 0.112. The van der Waals surface area contributed by atoms with Crippen LogP contribution in [0.1, 0.15) is 86.4 Å². The van der Waals surface area contributed by atoms with E-state index in [-0.39, 0.29) is 38.3 Å². The standard InChI is InChI=1S/C35H46O10/c1-4-6-7-8-9-10-19-39-27-15-11-25(12-16-27)34(37)44-29-22-42-32-30(23-43-31(29)32)45-35(38)26-13-17-28(18-14-26)40-20-21-41-33(36)24(3)5-2/h11-18,24,29-32H,4-10,19-23H2,1-3H3/t24?,29-,30+,31?,32?/m0/s1. The number of ether oxygens (including phenoxy) is 7. The molecule has 2 aromatic carbocycles. The molecular formula is C35H46O10. The molecule has 0 saturated carbocycles. The van der Waals surface area contributed by atoms with Gasteiger partial charge in [0.15, 0.2) is 12.2 Å². The van der Waals surface area contributed by atoms with Gasteiger partial charge in [-0.05, 0) is 61.4 Å². The van der Waals surface area contributed by atoms with Crippen LogP contribution in [0.4, 0.5) is 0 Å². The predicted octanol–water partition coefficient (Wildman–Crippen LogP) is 5.94. The van der Waals surface area contributed by atoms with Gasteiger partial charge >= 0.3 is 17.9 Å². The fourth-order valence-corrected chi connectivity index (χ4v) is 5.10. The molecule has 10 nitrogen and oxygen atoms in total. The number of carbonyl (C=O) groups is 3. The van der Waals surface area contributed by atoms with E-state index >= 15 is 0 Å². The molecule has 2 heterocycles. The maximum Gasteiger partial charge on any atom is 0.338 e. The molecule has 45 heavy (non-hydrogen) atoms. The van der Waals surface area contributed by atoms with Gasteiger partial charge in [-0.15, -0.1) is 0 Å². The van der Waals surface area contributed by atoms with E-state index in [0.29, 0.717) is 23.5 Å². The Morgan fingerprint density at radius 1 is 0.689 bits per heavy atom. The molecule has 246 valence electrons. The van der Waals surface area contributed by atoms with Crippen molar-refractivity contribution in [2.75, 3.05) is 33.0 Å². The maximum atomic E-state index is 12.8. The van der Waals surface area contributed by atoms with Crippen LogP contribution in [0.25, 0.3) is 0 Å². The molecule has 2 aliphatic rings. The number of benzene rings is 2. The van der Waals surface area contributed by atoms with Crippen molar-refractivity contribution in [3.8, 4) is 11.5 Å².